The molecule has 20 heavy (non-hydrogen) atoms. The fraction of sp³-hybridized carbons (Fsp3) is 0.0714. The third-order valence-electron chi connectivity index (χ3n) is 3.05. The van der Waals surface area contributed by atoms with Crippen molar-refractivity contribution in [3.8, 4) is 21.7 Å². The summed E-state index contributed by atoms with van der Waals surface area (Å²) >= 11 is 11.4. The third-order valence-corrected chi connectivity index (χ3v) is 5.30. The van der Waals surface area contributed by atoms with Crippen LogP contribution in [0.3, 0.4) is 0 Å². The van der Waals surface area contributed by atoms with E-state index in [1.807, 2.05) is 36.6 Å². The number of nitrogens with one attached hydrogen (secondary N) is 1. The topological polar surface area (TPSA) is 54.7 Å². The molecular formula is C14H11BrClN3S. The number of anilines is 1. The molecule has 0 fully saturated rings. The summed E-state index contributed by atoms with van der Waals surface area (Å²) in [6.07, 6.45) is 0. The average Bonchev–Trinajstić information content (AvgIpc) is 2.96. The van der Waals surface area contributed by atoms with Gasteiger partial charge in [0.2, 0.25) is 0 Å². The first-order valence-electron chi connectivity index (χ1n) is 5.91. The van der Waals surface area contributed by atoms with Gasteiger partial charge in [0.1, 0.15) is 0 Å². The minimum absolute atomic E-state index is 0.476. The molecule has 0 amide bonds. The Morgan fingerprint density at radius 1 is 1.30 bits per heavy atom. The Hall–Kier alpha value is -1.30. The van der Waals surface area contributed by atoms with Crippen LogP contribution in [-0.2, 0) is 0 Å². The highest BCUT2D eigenvalue weighted by Crippen LogP contribution is 2.42. The Morgan fingerprint density at radius 2 is 2.00 bits per heavy atom. The van der Waals surface area contributed by atoms with Crippen molar-refractivity contribution in [2.75, 3.05) is 5.73 Å². The van der Waals surface area contributed by atoms with Gasteiger partial charge < -0.3 is 5.73 Å². The minimum Gasteiger partial charge on any atom is -0.382 e. The zero-order chi connectivity index (χ0) is 14.3. The largest absolute Gasteiger partial charge is 0.382 e. The first-order valence-corrected chi connectivity index (χ1v) is 7.96. The number of benzene rings is 1. The summed E-state index contributed by atoms with van der Waals surface area (Å²) in [6.45, 7) is 1.99. The van der Waals surface area contributed by atoms with Gasteiger partial charge >= 0.3 is 0 Å². The molecule has 6 heteroatoms. The van der Waals surface area contributed by atoms with Gasteiger partial charge in [0.05, 0.1) is 21.2 Å². The highest BCUT2D eigenvalue weighted by atomic mass is 79.9. The van der Waals surface area contributed by atoms with Gasteiger partial charge in [-0.05, 0) is 35.6 Å². The van der Waals surface area contributed by atoms with Gasteiger partial charge in [-0.3, -0.25) is 5.10 Å². The number of aromatic amines is 1. The fourth-order valence-corrected chi connectivity index (χ4v) is 3.58. The molecule has 3 aromatic rings. The molecule has 3 nitrogen and oxygen atoms in total. The normalized spacial score (nSPS) is 10.9. The molecule has 3 N–H and O–H groups in total. The van der Waals surface area contributed by atoms with Crippen LogP contribution >= 0.6 is 38.9 Å². The van der Waals surface area contributed by atoms with E-state index in [1.165, 1.54) is 0 Å². The second-order valence-corrected chi connectivity index (χ2v) is 6.60. The van der Waals surface area contributed by atoms with Crippen LogP contribution in [0, 0.1) is 6.92 Å². The number of hydrogen-bond acceptors (Lipinski definition) is 3. The second kappa shape index (κ2) is 5.24. The molecule has 0 aliphatic carbocycles. The highest BCUT2D eigenvalue weighted by Gasteiger charge is 2.19. The first-order chi connectivity index (χ1) is 9.58. The number of thiophene rings is 1. The van der Waals surface area contributed by atoms with Gasteiger partial charge in [-0.15, -0.1) is 11.3 Å². The van der Waals surface area contributed by atoms with Crippen LogP contribution in [0.5, 0.6) is 0 Å². The van der Waals surface area contributed by atoms with Crippen molar-refractivity contribution in [2.24, 2.45) is 0 Å². The molecule has 2 aromatic heterocycles. The first kappa shape index (κ1) is 13.7. The zero-order valence-electron chi connectivity index (χ0n) is 10.6. The molecule has 0 aliphatic rings. The van der Waals surface area contributed by atoms with E-state index in [0.717, 1.165) is 36.8 Å². The van der Waals surface area contributed by atoms with E-state index < -0.39 is 0 Å². The summed E-state index contributed by atoms with van der Waals surface area (Å²) in [7, 11) is 0. The maximum Gasteiger partial charge on any atom is 0.153 e. The molecule has 0 radical (unpaired) electrons. The van der Waals surface area contributed by atoms with Crippen molar-refractivity contribution >= 4 is 44.7 Å². The van der Waals surface area contributed by atoms with Gasteiger partial charge in [-0.25, -0.2) is 0 Å². The number of nitrogen functional groups attached to an aromatic ring is 1. The standard InChI is InChI=1S/C14H11BrClN3S/c1-7-6-20-13(11(7)16)12-10(14(17)19-18-12)8-2-4-9(15)5-3-8/h2-6H,1H3,(H3,17,18,19). The number of aromatic nitrogens is 2. The Bertz CT molecular complexity index is 761. The van der Waals surface area contributed by atoms with Crippen molar-refractivity contribution in [1.29, 1.82) is 0 Å². The van der Waals surface area contributed by atoms with E-state index >= 15 is 0 Å². The van der Waals surface area contributed by atoms with Crippen molar-refractivity contribution in [1.82, 2.24) is 10.2 Å². The number of aryl methyl sites for hydroxylation is 1. The fourth-order valence-electron chi connectivity index (χ4n) is 2.03. The summed E-state index contributed by atoms with van der Waals surface area (Å²) in [6, 6.07) is 7.96. The van der Waals surface area contributed by atoms with E-state index in [4.69, 9.17) is 17.3 Å². The average molecular weight is 369 g/mol. The van der Waals surface area contributed by atoms with E-state index in [0.29, 0.717) is 5.82 Å². The van der Waals surface area contributed by atoms with Crippen LogP contribution in [-0.4, -0.2) is 10.2 Å². The smallest absolute Gasteiger partial charge is 0.153 e. The number of rotatable bonds is 2. The minimum atomic E-state index is 0.476. The number of nitrogens with two attached hydrogens (primary N) is 1. The van der Waals surface area contributed by atoms with Crippen LogP contribution in [0.4, 0.5) is 5.82 Å². The molecule has 0 spiro atoms. The molecule has 0 unspecified atom stereocenters. The molecule has 3 rings (SSSR count). The predicted molar refractivity (Wildman–Crippen MR) is 89.2 cm³/mol. The molecule has 0 saturated carbocycles. The van der Waals surface area contributed by atoms with Gasteiger partial charge in [0.15, 0.2) is 5.82 Å². The number of halogens is 2. The summed E-state index contributed by atoms with van der Waals surface area (Å²) in [5, 5.41) is 9.90. The Kier molecular flexibility index (Phi) is 3.58. The maximum absolute atomic E-state index is 6.35. The Balaban J connectivity index is 2.19. The van der Waals surface area contributed by atoms with E-state index in [2.05, 4.69) is 26.1 Å². The molecule has 0 saturated heterocycles. The Morgan fingerprint density at radius 3 is 2.60 bits per heavy atom. The number of hydrogen-bond donors (Lipinski definition) is 2. The molecule has 102 valence electrons. The van der Waals surface area contributed by atoms with Crippen LogP contribution < -0.4 is 5.73 Å². The van der Waals surface area contributed by atoms with Gasteiger partial charge in [-0.1, -0.05) is 39.7 Å². The van der Waals surface area contributed by atoms with Gasteiger partial charge in [0.25, 0.3) is 0 Å². The van der Waals surface area contributed by atoms with Crippen molar-refractivity contribution in [2.45, 2.75) is 6.92 Å². The second-order valence-electron chi connectivity index (χ2n) is 4.43. The van der Waals surface area contributed by atoms with Crippen LogP contribution in [0.25, 0.3) is 21.7 Å². The number of H-pyrrole nitrogens is 1. The molecular weight excluding hydrogens is 358 g/mol. The lowest BCUT2D eigenvalue weighted by molar-refractivity contribution is 1.11. The molecule has 1 aromatic carbocycles. The lowest BCUT2D eigenvalue weighted by Crippen LogP contribution is -1.88. The van der Waals surface area contributed by atoms with Crippen molar-refractivity contribution in [3.05, 3.63) is 44.7 Å². The predicted octanol–water partition coefficient (Wildman–Crippen LogP) is 5.11. The number of nitrogens with zero attached hydrogens (tertiary/aromatic N) is 1. The van der Waals surface area contributed by atoms with Crippen molar-refractivity contribution < 1.29 is 0 Å². The Labute approximate surface area is 133 Å². The lowest BCUT2D eigenvalue weighted by atomic mass is 10.0. The van der Waals surface area contributed by atoms with Gasteiger partial charge in [0, 0.05) is 4.47 Å². The quantitative estimate of drug-likeness (QED) is 0.660. The summed E-state index contributed by atoms with van der Waals surface area (Å²) in [5.41, 5.74) is 9.84. The van der Waals surface area contributed by atoms with Crippen LogP contribution in [0.15, 0.2) is 34.1 Å². The molecule has 0 aliphatic heterocycles. The summed E-state index contributed by atoms with van der Waals surface area (Å²) < 4.78 is 1.02. The van der Waals surface area contributed by atoms with E-state index in [-0.39, 0.29) is 0 Å². The summed E-state index contributed by atoms with van der Waals surface area (Å²) in [5.74, 6) is 0.476. The van der Waals surface area contributed by atoms with E-state index in [1.54, 1.807) is 11.3 Å². The van der Waals surface area contributed by atoms with Crippen molar-refractivity contribution in [3.63, 3.8) is 0 Å². The maximum atomic E-state index is 6.35. The molecule has 0 bridgehead atoms. The monoisotopic (exact) mass is 367 g/mol. The lowest BCUT2D eigenvalue weighted by Gasteiger charge is -2.04. The van der Waals surface area contributed by atoms with Crippen LogP contribution in [0.2, 0.25) is 5.02 Å². The van der Waals surface area contributed by atoms with Gasteiger partial charge in [-0.2, -0.15) is 5.10 Å². The van der Waals surface area contributed by atoms with E-state index in [9.17, 15) is 0 Å². The van der Waals surface area contributed by atoms with Crippen LogP contribution in [0.1, 0.15) is 5.56 Å². The molecule has 0 atom stereocenters. The molecule has 2 heterocycles. The SMILES string of the molecule is Cc1csc(-c2[nH]nc(N)c2-c2ccc(Br)cc2)c1Cl. The summed E-state index contributed by atoms with van der Waals surface area (Å²) in [4.78, 5) is 0.964. The highest BCUT2D eigenvalue weighted by molar-refractivity contribution is 9.10. The zero-order valence-corrected chi connectivity index (χ0v) is 13.7. The third kappa shape index (κ3) is 2.26.